The maximum atomic E-state index is 6.39. The van der Waals surface area contributed by atoms with Crippen molar-refractivity contribution in [3.8, 4) is 33.4 Å². The van der Waals surface area contributed by atoms with Crippen molar-refractivity contribution in [2.24, 2.45) is 0 Å². The Hall–Kier alpha value is -6.94. The van der Waals surface area contributed by atoms with E-state index < -0.39 is 0 Å². The van der Waals surface area contributed by atoms with Crippen molar-refractivity contribution in [2.45, 2.75) is 0 Å². The monoisotopic (exact) mass is 719 g/mol. The van der Waals surface area contributed by atoms with Crippen LogP contribution < -0.4 is 4.90 Å². The molecule has 0 N–H and O–H groups in total. The Bertz CT molecular complexity index is 3240. The molecule has 11 aromatic rings. The van der Waals surface area contributed by atoms with Crippen molar-refractivity contribution in [3.63, 3.8) is 0 Å². The van der Waals surface area contributed by atoms with Gasteiger partial charge in [0.25, 0.3) is 0 Å². The molecule has 2 nitrogen and oxygen atoms in total. The van der Waals surface area contributed by atoms with Gasteiger partial charge in [-0.05, 0) is 99.3 Å². The highest BCUT2D eigenvalue weighted by Gasteiger charge is 2.21. The number of benzene rings is 9. The fraction of sp³-hybridized carbons (Fsp3) is 0. The molecule has 0 amide bonds. The van der Waals surface area contributed by atoms with E-state index in [0.717, 1.165) is 50.1 Å². The van der Waals surface area contributed by atoms with Crippen LogP contribution in [0.25, 0.3) is 86.3 Å². The summed E-state index contributed by atoms with van der Waals surface area (Å²) in [4.78, 5) is 2.42. The molecule has 9 aromatic carbocycles. The van der Waals surface area contributed by atoms with Gasteiger partial charge in [-0.3, -0.25) is 0 Å². The molecule has 0 aliphatic carbocycles. The molecule has 2 heterocycles. The molecule has 0 aliphatic heterocycles. The highest BCUT2D eigenvalue weighted by atomic mass is 32.1. The van der Waals surface area contributed by atoms with Gasteiger partial charge in [-0.1, -0.05) is 140 Å². The lowest BCUT2D eigenvalue weighted by Gasteiger charge is -2.29. The van der Waals surface area contributed by atoms with Crippen LogP contribution in [0.3, 0.4) is 0 Å². The lowest BCUT2D eigenvalue weighted by Crippen LogP contribution is -2.11. The molecule has 0 atom stereocenters. The highest BCUT2D eigenvalue weighted by Crippen LogP contribution is 2.46. The maximum Gasteiger partial charge on any atom is 0.136 e. The summed E-state index contributed by atoms with van der Waals surface area (Å²) in [5.41, 5.74) is 12.1. The Kier molecular flexibility index (Phi) is 7.39. The summed E-state index contributed by atoms with van der Waals surface area (Å²) in [5, 5.41) is 7.32. The van der Waals surface area contributed by atoms with Crippen LogP contribution >= 0.6 is 11.3 Å². The van der Waals surface area contributed by atoms with Crippen molar-refractivity contribution in [1.82, 2.24) is 0 Å². The lowest BCUT2D eigenvalue weighted by molar-refractivity contribution is 0.669. The van der Waals surface area contributed by atoms with Gasteiger partial charge in [-0.15, -0.1) is 11.3 Å². The number of thiophene rings is 1. The average Bonchev–Trinajstić information content (AvgIpc) is 3.82. The van der Waals surface area contributed by atoms with Crippen molar-refractivity contribution in [1.29, 1.82) is 0 Å². The van der Waals surface area contributed by atoms with Gasteiger partial charge in [0.1, 0.15) is 11.2 Å². The van der Waals surface area contributed by atoms with Crippen LogP contribution in [-0.2, 0) is 0 Å². The summed E-state index contributed by atoms with van der Waals surface area (Å²) < 4.78 is 9.01. The summed E-state index contributed by atoms with van der Waals surface area (Å²) in [6.07, 6.45) is 0. The van der Waals surface area contributed by atoms with Gasteiger partial charge in [0.05, 0.1) is 5.69 Å². The fourth-order valence-corrected chi connectivity index (χ4v) is 9.43. The summed E-state index contributed by atoms with van der Waals surface area (Å²) in [5.74, 6) is 0. The minimum absolute atomic E-state index is 0.886. The second-order valence-electron chi connectivity index (χ2n) is 14.1. The van der Waals surface area contributed by atoms with Crippen molar-refractivity contribution < 1.29 is 4.42 Å². The molecule has 0 radical (unpaired) electrons. The third-order valence-corrected chi connectivity index (χ3v) is 12.0. The number of anilines is 3. The zero-order chi connectivity index (χ0) is 36.3. The predicted molar refractivity (Wildman–Crippen MR) is 235 cm³/mol. The second kappa shape index (κ2) is 12.9. The number of hydrogen-bond acceptors (Lipinski definition) is 3. The Balaban J connectivity index is 1.13. The average molecular weight is 720 g/mol. The van der Waals surface area contributed by atoms with Gasteiger partial charge in [0.2, 0.25) is 0 Å². The van der Waals surface area contributed by atoms with E-state index in [0.29, 0.717) is 0 Å². The second-order valence-corrected chi connectivity index (χ2v) is 15.1. The zero-order valence-corrected chi connectivity index (χ0v) is 30.6. The van der Waals surface area contributed by atoms with Crippen LogP contribution in [0.1, 0.15) is 0 Å². The molecule has 258 valence electrons. The van der Waals surface area contributed by atoms with Gasteiger partial charge in [0, 0.05) is 47.9 Å². The highest BCUT2D eigenvalue weighted by molar-refractivity contribution is 7.25. The number of nitrogens with zero attached hydrogens (tertiary/aromatic N) is 1. The number of fused-ring (bicyclic) bond motifs is 7. The molecule has 0 bridgehead atoms. The third kappa shape index (κ3) is 5.32. The zero-order valence-electron chi connectivity index (χ0n) is 29.8. The van der Waals surface area contributed by atoms with E-state index in [2.05, 4.69) is 199 Å². The van der Waals surface area contributed by atoms with Crippen LogP contribution in [0.5, 0.6) is 0 Å². The molecular formula is C52H33NOS. The standard InChI is InChI=1S/C52H33NOS/c1-2-19-40-34(13-1)14-11-23-41(40)37-16-10-18-39(32-37)53(38-17-9-15-35(31-38)36-29-30-51-46(33-36)43-21-5-8-28-50(43)55-51)47-25-6-3-20-42(47)44-24-12-27-49-52(44)45-22-4-7-26-48(45)54-49/h1-33H. The van der Waals surface area contributed by atoms with Crippen molar-refractivity contribution >= 4 is 81.3 Å². The largest absolute Gasteiger partial charge is 0.456 e. The molecule has 0 fully saturated rings. The first-order valence-corrected chi connectivity index (χ1v) is 19.5. The van der Waals surface area contributed by atoms with Gasteiger partial charge in [-0.25, -0.2) is 0 Å². The molecule has 55 heavy (non-hydrogen) atoms. The normalized spacial score (nSPS) is 11.6. The van der Waals surface area contributed by atoms with E-state index in [9.17, 15) is 0 Å². The SMILES string of the molecule is c1cc(-c2ccc3sc4ccccc4c3c2)cc(N(c2cccc(-c3cccc4ccccc34)c2)c2ccccc2-c2cccc3oc4ccccc4c23)c1. The number of rotatable bonds is 6. The lowest BCUT2D eigenvalue weighted by atomic mass is 9.95. The molecule has 0 saturated carbocycles. The molecule has 11 rings (SSSR count). The molecular weight excluding hydrogens is 687 g/mol. The van der Waals surface area contributed by atoms with E-state index >= 15 is 0 Å². The summed E-state index contributed by atoms with van der Waals surface area (Å²) in [7, 11) is 0. The van der Waals surface area contributed by atoms with Crippen LogP contribution in [0.4, 0.5) is 17.1 Å². The molecule has 0 spiro atoms. The van der Waals surface area contributed by atoms with E-state index in [4.69, 9.17) is 4.42 Å². The fourth-order valence-electron chi connectivity index (χ4n) is 8.34. The van der Waals surface area contributed by atoms with Gasteiger partial charge in [0.15, 0.2) is 0 Å². The molecule has 3 heteroatoms. The first-order valence-electron chi connectivity index (χ1n) is 18.7. The van der Waals surface area contributed by atoms with Gasteiger partial charge < -0.3 is 9.32 Å². The minimum Gasteiger partial charge on any atom is -0.456 e. The Labute approximate surface area is 322 Å². The van der Waals surface area contributed by atoms with E-state index in [1.807, 2.05) is 17.4 Å². The molecule has 2 aromatic heterocycles. The smallest absolute Gasteiger partial charge is 0.136 e. The number of furan rings is 1. The molecule has 0 unspecified atom stereocenters. The topological polar surface area (TPSA) is 16.4 Å². The molecule has 0 aliphatic rings. The first-order chi connectivity index (χ1) is 27.3. The summed E-state index contributed by atoms with van der Waals surface area (Å²) in [6.45, 7) is 0. The van der Waals surface area contributed by atoms with Crippen LogP contribution in [0, 0.1) is 0 Å². The quantitative estimate of drug-likeness (QED) is 0.170. The Morgan fingerprint density at radius 2 is 0.964 bits per heavy atom. The van der Waals surface area contributed by atoms with Crippen molar-refractivity contribution in [3.05, 3.63) is 200 Å². The van der Waals surface area contributed by atoms with E-state index in [-0.39, 0.29) is 0 Å². The maximum absolute atomic E-state index is 6.39. The van der Waals surface area contributed by atoms with Crippen LogP contribution in [0.15, 0.2) is 205 Å². The Morgan fingerprint density at radius 3 is 1.87 bits per heavy atom. The first kappa shape index (κ1) is 31.6. The summed E-state index contributed by atoms with van der Waals surface area (Å²) in [6, 6.07) is 72.3. The third-order valence-electron chi connectivity index (χ3n) is 10.9. The van der Waals surface area contributed by atoms with Gasteiger partial charge >= 0.3 is 0 Å². The van der Waals surface area contributed by atoms with Crippen LogP contribution in [-0.4, -0.2) is 0 Å². The van der Waals surface area contributed by atoms with Crippen molar-refractivity contribution in [2.75, 3.05) is 4.90 Å². The van der Waals surface area contributed by atoms with Gasteiger partial charge in [-0.2, -0.15) is 0 Å². The Morgan fingerprint density at radius 1 is 0.364 bits per heavy atom. The number of hydrogen-bond donors (Lipinski definition) is 0. The van der Waals surface area contributed by atoms with E-state index in [1.165, 1.54) is 53.2 Å². The van der Waals surface area contributed by atoms with E-state index in [1.54, 1.807) is 0 Å². The van der Waals surface area contributed by atoms with Crippen LogP contribution in [0.2, 0.25) is 0 Å². The minimum atomic E-state index is 0.886. The number of para-hydroxylation sites is 2. The molecule has 0 saturated heterocycles. The predicted octanol–water partition coefficient (Wildman–Crippen LogP) is 15.6. The summed E-state index contributed by atoms with van der Waals surface area (Å²) >= 11 is 1.85.